The van der Waals surface area contributed by atoms with Gasteiger partial charge < -0.3 is 10.1 Å². The Morgan fingerprint density at radius 3 is 2.80 bits per heavy atom. The molecule has 1 aliphatic rings. The highest BCUT2D eigenvalue weighted by atomic mass is 19.1. The Labute approximate surface area is 146 Å². The van der Waals surface area contributed by atoms with Crippen molar-refractivity contribution in [3.8, 4) is 5.75 Å². The van der Waals surface area contributed by atoms with Crippen LogP contribution in [0.3, 0.4) is 0 Å². The van der Waals surface area contributed by atoms with Gasteiger partial charge >= 0.3 is 0 Å². The lowest BCUT2D eigenvalue weighted by molar-refractivity contribution is -0.115. The summed E-state index contributed by atoms with van der Waals surface area (Å²) in [6.07, 6.45) is 2.87. The van der Waals surface area contributed by atoms with Crippen LogP contribution < -0.4 is 10.1 Å². The quantitative estimate of drug-likeness (QED) is 0.846. The average molecular weight is 338 g/mol. The number of nitrogens with zero attached hydrogens (tertiary/aromatic N) is 1. The first kappa shape index (κ1) is 16.9. The van der Waals surface area contributed by atoms with Crippen LogP contribution in [0.2, 0.25) is 0 Å². The first-order valence-electron chi connectivity index (χ1n) is 8.05. The summed E-state index contributed by atoms with van der Waals surface area (Å²) in [6, 6.07) is 12.2. The molecule has 2 aromatic carbocycles. The molecule has 0 saturated heterocycles. The summed E-state index contributed by atoms with van der Waals surface area (Å²) >= 11 is 0. The third-order valence-electron chi connectivity index (χ3n) is 3.96. The van der Waals surface area contributed by atoms with Gasteiger partial charge in [0.15, 0.2) is 0 Å². The average Bonchev–Trinajstić information content (AvgIpc) is 2.93. The number of nitrogens with one attached hydrogen (secondary N) is 1. The van der Waals surface area contributed by atoms with E-state index in [4.69, 9.17) is 4.74 Å². The minimum Gasteiger partial charge on any atom is -0.496 e. The molecule has 5 heteroatoms. The molecule has 0 saturated carbocycles. The van der Waals surface area contributed by atoms with Gasteiger partial charge in [0.2, 0.25) is 0 Å². The largest absolute Gasteiger partial charge is 0.496 e. The second kappa shape index (κ2) is 7.30. The molecule has 1 heterocycles. The molecule has 128 valence electrons. The van der Waals surface area contributed by atoms with Crippen LogP contribution in [0.1, 0.15) is 23.1 Å². The standard InChI is InChI=1S/C20H19FN2O2/c1-13-6-8-18(25-2)15(10-13)12-17-20(24)23-19(22-17)9-7-14-4-3-5-16(21)11-14/h3-6,8,10-12H,7,9H2,1-2H3,(H,22,23,24)/b17-12+. The van der Waals surface area contributed by atoms with Gasteiger partial charge in [-0.2, -0.15) is 0 Å². The number of carbonyl (C=O) groups excluding carboxylic acids is 1. The van der Waals surface area contributed by atoms with E-state index in [9.17, 15) is 9.18 Å². The summed E-state index contributed by atoms with van der Waals surface area (Å²) in [5.74, 6) is 0.779. The monoisotopic (exact) mass is 338 g/mol. The van der Waals surface area contributed by atoms with Crippen molar-refractivity contribution < 1.29 is 13.9 Å². The van der Waals surface area contributed by atoms with E-state index in [1.54, 1.807) is 19.3 Å². The number of amides is 1. The first-order chi connectivity index (χ1) is 12.0. The molecule has 2 aromatic rings. The Morgan fingerprint density at radius 2 is 2.04 bits per heavy atom. The summed E-state index contributed by atoms with van der Waals surface area (Å²) in [5.41, 5.74) is 3.09. The number of aryl methyl sites for hydroxylation is 2. The minimum absolute atomic E-state index is 0.238. The highest BCUT2D eigenvalue weighted by Crippen LogP contribution is 2.24. The number of carbonyl (C=O) groups is 1. The minimum atomic E-state index is -0.262. The Balaban J connectivity index is 1.77. The SMILES string of the molecule is COc1ccc(C)cc1/C=C1/N=C(CCc2cccc(F)c2)NC1=O. The van der Waals surface area contributed by atoms with Crippen molar-refractivity contribution in [2.45, 2.75) is 19.8 Å². The molecule has 25 heavy (non-hydrogen) atoms. The molecule has 0 unspecified atom stereocenters. The lowest BCUT2D eigenvalue weighted by atomic mass is 10.1. The molecule has 0 spiro atoms. The maximum absolute atomic E-state index is 13.2. The van der Waals surface area contributed by atoms with Gasteiger partial charge in [0.1, 0.15) is 23.1 Å². The third-order valence-corrected chi connectivity index (χ3v) is 3.96. The topological polar surface area (TPSA) is 50.7 Å². The number of ether oxygens (including phenoxy) is 1. The fourth-order valence-corrected chi connectivity index (χ4v) is 2.70. The van der Waals surface area contributed by atoms with Crippen molar-refractivity contribution >= 4 is 17.8 Å². The number of rotatable bonds is 5. The van der Waals surface area contributed by atoms with Crippen molar-refractivity contribution in [2.75, 3.05) is 7.11 Å². The van der Waals surface area contributed by atoms with Crippen molar-refractivity contribution in [3.05, 3.63) is 70.7 Å². The van der Waals surface area contributed by atoms with Crippen LogP contribution in [-0.4, -0.2) is 18.9 Å². The van der Waals surface area contributed by atoms with Gasteiger partial charge in [0.05, 0.1) is 7.11 Å². The third kappa shape index (κ3) is 4.12. The second-order valence-corrected chi connectivity index (χ2v) is 5.92. The lowest BCUT2D eigenvalue weighted by Crippen LogP contribution is -2.24. The van der Waals surface area contributed by atoms with E-state index in [1.165, 1.54) is 12.1 Å². The molecule has 3 rings (SSSR count). The molecular weight excluding hydrogens is 319 g/mol. The Morgan fingerprint density at radius 1 is 1.20 bits per heavy atom. The fourth-order valence-electron chi connectivity index (χ4n) is 2.70. The maximum atomic E-state index is 13.2. The van der Waals surface area contributed by atoms with Gasteiger partial charge in [0.25, 0.3) is 5.91 Å². The Kier molecular flexibility index (Phi) is 4.93. The zero-order valence-electron chi connectivity index (χ0n) is 14.2. The molecule has 1 amide bonds. The van der Waals surface area contributed by atoms with E-state index in [2.05, 4.69) is 10.3 Å². The molecule has 0 aliphatic carbocycles. The molecule has 0 fully saturated rings. The van der Waals surface area contributed by atoms with Gasteiger partial charge in [-0.3, -0.25) is 4.79 Å². The van der Waals surface area contributed by atoms with Crippen LogP contribution >= 0.6 is 0 Å². The number of methoxy groups -OCH3 is 1. The number of hydrogen-bond acceptors (Lipinski definition) is 3. The van der Waals surface area contributed by atoms with E-state index in [-0.39, 0.29) is 11.7 Å². The summed E-state index contributed by atoms with van der Waals surface area (Å²) in [6.45, 7) is 1.98. The van der Waals surface area contributed by atoms with Crippen LogP contribution in [0.4, 0.5) is 4.39 Å². The van der Waals surface area contributed by atoms with Crippen molar-refractivity contribution in [1.82, 2.24) is 5.32 Å². The van der Waals surface area contributed by atoms with Crippen molar-refractivity contribution in [3.63, 3.8) is 0 Å². The van der Waals surface area contributed by atoms with Crippen LogP contribution in [0.5, 0.6) is 5.75 Å². The molecule has 0 aromatic heterocycles. The predicted octanol–water partition coefficient (Wildman–Crippen LogP) is 3.64. The number of hydrogen-bond donors (Lipinski definition) is 1. The number of amidine groups is 1. The van der Waals surface area contributed by atoms with E-state index >= 15 is 0 Å². The predicted molar refractivity (Wildman–Crippen MR) is 96.0 cm³/mol. The highest BCUT2D eigenvalue weighted by molar-refractivity contribution is 6.14. The van der Waals surface area contributed by atoms with Crippen LogP contribution in [0.15, 0.2) is 53.2 Å². The van der Waals surface area contributed by atoms with Gasteiger partial charge in [-0.1, -0.05) is 23.8 Å². The van der Waals surface area contributed by atoms with Gasteiger partial charge in [-0.15, -0.1) is 0 Å². The molecule has 0 radical (unpaired) electrons. The summed E-state index contributed by atoms with van der Waals surface area (Å²) in [7, 11) is 1.59. The van der Waals surface area contributed by atoms with Crippen molar-refractivity contribution in [1.29, 1.82) is 0 Å². The van der Waals surface area contributed by atoms with Crippen LogP contribution in [0, 0.1) is 12.7 Å². The molecule has 1 N–H and O–H groups in total. The second-order valence-electron chi connectivity index (χ2n) is 5.92. The van der Waals surface area contributed by atoms with Gasteiger partial charge in [0, 0.05) is 12.0 Å². The number of halogens is 1. The molecule has 4 nitrogen and oxygen atoms in total. The molecule has 0 bridgehead atoms. The summed E-state index contributed by atoms with van der Waals surface area (Å²) < 4.78 is 18.5. The summed E-state index contributed by atoms with van der Waals surface area (Å²) in [4.78, 5) is 16.5. The van der Waals surface area contributed by atoms with Crippen molar-refractivity contribution in [2.24, 2.45) is 4.99 Å². The summed E-state index contributed by atoms with van der Waals surface area (Å²) in [5, 5.41) is 2.77. The zero-order chi connectivity index (χ0) is 17.8. The molecule has 0 atom stereocenters. The van der Waals surface area contributed by atoms with Gasteiger partial charge in [-0.25, -0.2) is 9.38 Å². The van der Waals surface area contributed by atoms with E-state index in [0.717, 1.165) is 16.7 Å². The van der Waals surface area contributed by atoms with E-state index in [1.807, 2.05) is 31.2 Å². The normalized spacial score (nSPS) is 15.2. The first-order valence-corrected chi connectivity index (χ1v) is 8.05. The molecule has 1 aliphatic heterocycles. The van der Waals surface area contributed by atoms with Crippen LogP contribution in [0.25, 0.3) is 6.08 Å². The molecular formula is C20H19FN2O2. The van der Waals surface area contributed by atoms with E-state index < -0.39 is 0 Å². The smallest absolute Gasteiger partial charge is 0.275 e. The Hall–Kier alpha value is -2.95. The maximum Gasteiger partial charge on any atom is 0.275 e. The fraction of sp³-hybridized carbons (Fsp3) is 0.200. The Bertz CT molecular complexity index is 872. The van der Waals surface area contributed by atoms with Crippen LogP contribution in [-0.2, 0) is 11.2 Å². The zero-order valence-corrected chi connectivity index (χ0v) is 14.2. The highest BCUT2D eigenvalue weighted by Gasteiger charge is 2.20. The van der Waals surface area contributed by atoms with E-state index in [0.29, 0.717) is 30.1 Å². The lowest BCUT2D eigenvalue weighted by Gasteiger charge is -2.05. The van der Waals surface area contributed by atoms with Gasteiger partial charge in [-0.05, 0) is 49.2 Å². The number of aliphatic imine (C=N–C) groups is 1. The number of benzene rings is 2.